The third kappa shape index (κ3) is 7.68. The Balaban J connectivity index is 1.28. The second-order valence-corrected chi connectivity index (χ2v) is 12.6. The number of halogens is 1. The zero-order chi connectivity index (χ0) is 34.3. The number of nitrogens with zero attached hydrogens (tertiary/aromatic N) is 2. The molecule has 4 aromatic rings. The smallest absolute Gasteiger partial charge is 0.264 e. The van der Waals surface area contributed by atoms with Crippen LogP contribution in [0.1, 0.15) is 40.4 Å². The molecule has 0 aromatic heterocycles. The van der Waals surface area contributed by atoms with E-state index < -0.39 is 17.4 Å². The summed E-state index contributed by atoms with van der Waals surface area (Å²) in [4.78, 5) is 42.9. The Bertz CT molecular complexity index is 1780. The van der Waals surface area contributed by atoms with Gasteiger partial charge in [-0.05, 0) is 65.7 Å². The fraction of sp³-hybridized carbons (Fsp3) is 0.237. The molecule has 0 spiro atoms. The molecule has 1 heterocycles. The van der Waals surface area contributed by atoms with Crippen molar-refractivity contribution in [1.29, 1.82) is 0 Å². The van der Waals surface area contributed by atoms with Crippen molar-refractivity contribution in [3.8, 4) is 5.75 Å². The molecular weight excluding hydrogens is 674 g/mol. The van der Waals surface area contributed by atoms with Gasteiger partial charge in [-0.3, -0.25) is 14.4 Å². The quantitative estimate of drug-likeness (QED) is 0.145. The number of aliphatic hydroxyl groups excluding tert-OH is 1. The van der Waals surface area contributed by atoms with Crippen LogP contribution < -0.4 is 15.0 Å². The molecule has 248 valence electrons. The minimum atomic E-state index is -1.86. The maximum Gasteiger partial charge on any atom is 0.264 e. The van der Waals surface area contributed by atoms with Crippen LogP contribution in [0.3, 0.4) is 0 Å². The highest BCUT2D eigenvalue weighted by atomic mass is 79.9. The molecular formula is C38H38BrN3O6. The molecule has 0 radical (unpaired) electrons. The molecule has 9 nitrogen and oxygen atoms in total. The highest BCUT2D eigenvalue weighted by Crippen LogP contribution is 2.46. The largest absolute Gasteiger partial charge is 0.497 e. The predicted octanol–water partition coefficient (Wildman–Crippen LogP) is 6.05. The van der Waals surface area contributed by atoms with Gasteiger partial charge in [0.25, 0.3) is 11.8 Å². The van der Waals surface area contributed by atoms with Crippen LogP contribution in [0.4, 0.5) is 11.4 Å². The van der Waals surface area contributed by atoms with Gasteiger partial charge >= 0.3 is 0 Å². The summed E-state index contributed by atoms with van der Waals surface area (Å²) in [6.45, 7) is 2.37. The second kappa shape index (κ2) is 15.4. The SMILES string of the molecule is COc1ccc(C(=O)Nc2ccc(CN3C(=O)[C@@](O)([C@@H](C)/C=C/CC(=O)N(CCO)Cc4ccccc4)c4cc(Br)ccc43)cc2)cc1. The van der Waals surface area contributed by atoms with E-state index in [9.17, 15) is 24.6 Å². The van der Waals surface area contributed by atoms with Crippen molar-refractivity contribution in [3.63, 3.8) is 0 Å². The number of nitrogens with one attached hydrogen (secondary N) is 1. The van der Waals surface area contributed by atoms with Crippen molar-refractivity contribution in [1.82, 2.24) is 4.90 Å². The van der Waals surface area contributed by atoms with Crippen molar-refractivity contribution in [2.75, 3.05) is 30.5 Å². The first-order valence-electron chi connectivity index (χ1n) is 15.6. The minimum absolute atomic E-state index is 0.0534. The van der Waals surface area contributed by atoms with Crippen LogP contribution in [0.2, 0.25) is 0 Å². The van der Waals surface area contributed by atoms with Crippen molar-refractivity contribution in [2.24, 2.45) is 5.92 Å². The number of amides is 3. The van der Waals surface area contributed by atoms with Gasteiger partial charge < -0.3 is 30.1 Å². The van der Waals surface area contributed by atoms with Gasteiger partial charge in [0.1, 0.15) is 5.75 Å². The predicted molar refractivity (Wildman–Crippen MR) is 188 cm³/mol. The number of hydrogen-bond donors (Lipinski definition) is 3. The van der Waals surface area contributed by atoms with Gasteiger partial charge in [-0.25, -0.2) is 0 Å². The topological polar surface area (TPSA) is 119 Å². The molecule has 10 heteroatoms. The first-order valence-corrected chi connectivity index (χ1v) is 16.4. The molecule has 1 aliphatic heterocycles. The average Bonchev–Trinajstić information content (AvgIpc) is 3.31. The van der Waals surface area contributed by atoms with Crippen LogP contribution in [0, 0.1) is 5.92 Å². The Morgan fingerprint density at radius 2 is 1.71 bits per heavy atom. The molecule has 3 N–H and O–H groups in total. The zero-order valence-corrected chi connectivity index (χ0v) is 28.4. The molecule has 0 aliphatic carbocycles. The van der Waals surface area contributed by atoms with Gasteiger partial charge in [0.2, 0.25) is 5.91 Å². The Labute approximate surface area is 288 Å². The van der Waals surface area contributed by atoms with E-state index in [0.29, 0.717) is 34.8 Å². The molecule has 1 aliphatic rings. The van der Waals surface area contributed by atoms with Crippen LogP contribution in [0.5, 0.6) is 5.75 Å². The lowest BCUT2D eigenvalue weighted by molar-refractivity contribution is -0.139. The molecule has 2 atom stereocenters. The number of carbonyl (C=O) groups excluding carboxylic acids is 3. The van der Waals surface area contributed by atoms with Crippen LogP contribution in [0.25, 0.3) is 0 Å². The van der Waals surface area contributed by atoms with E-state index in [1.165, 1.54) is 0 Å². The van der Waals surface area contributed by atoms with Crippen molar-refractivity contribution in [2.45, 2.75) is 32.0 Å². The normalized spacial score (nSPS) is 16.1. The van der Waals surface area contributed by atoms with Gasteiger partial charge in [0.05, 0.1) is 25.9 Å². The summed E-state index contributed by atoms with van der Waals surface area (Å²) in [5, 5.41) is 24.4. The highest BCUT2D eigenvalue weighted by Gasteiger charge is 2.52. The number of methoxy groups -OCH3 is 1. The number of hydrogen-bond acceptors (Lipinski definition) is 6. The Hall–Kier alpha value is -4.77. The van der Waals surface area contributed by atoms with E-state index in [4.69, 9.17) is 4.74 Å². The number of benzene rings is 4. The minimum Gasteiger partial charge on any atom is -0.497 e. The number of carbonyl (C=O) groups is 3. The molecule has 4 aromatic carbocycles. The van der Waals surface area contributed by atoms with Crippen LogP contribution >= 0.6 is 15.9 Å². The summed E-state index contributed by atoms with van der Waals surface area (Å²) in [6, 6.07) is 28.9. The van der Waals surface area contributed by atoms with Crippen LogP contribution in [-0.4, -0.2) is 53.1 Å². The molecule has 48 heavy (non-hydrogen) atoms. The van der Waals surface area contributed by atoms with Gasteiger partial charge in [-0.15, -0.1) is 0 Å². The maximum absolute atomic E-state index is 14.0. The van der Waals surface area contributed by atoms with E-state index in [2.05, 4.69) is 21.2 Å². The molecule has 0 unspecified atom stereocenters. The summed E-state index contributed by atoms with van der Waals surface area (Å²) in [5.74, 6) is -0.900. The van der Waals surface area contributed by atoms with E-state index in [1.807, 2.05) is 48.5 Å². The van der Waals surface area contributed by atoms with Gasteiger partial charge in [-0.2, -0.15) is 0 Å². The maximum atomic E-state index is 14.0. The summed E-state index contributed by atoms with van der Waals surface area (Å²) in [5.41, 5.74) is 2.06. The zero-order valence-electron chi connectivity index (χ0n) is 26.8. The summed E-state index contributed by atoms with van der Waals surface area (Å²) in [7, 11) is 1.57. The van der Waals surface area contributed by atoms with E-state index in [-0.39, 0.29) is 37.9 Å². The summed E-state index contributed by atoms with van der Waals surface area (Å²) < 4.78 is 5.87. The van der Waals surface area contributed by atoms with Crippen molar-refractivity contribution >= 4 is 45.0 Å². The number of rotatable bonds is 13. The van der Waals surface area contributed by atoms with Gasteiger partial charge in [0, 0.05) is 46.7 Å². The average molecular weight is 713 g/mol. The molecule has 3 amide bonds. The fourth-order valence-corrected chi connectivity index (χ4v) is 6.12. The number of ether oxygens (including phenoxy) is 1. The summed E-state index contributed by atoms with van der Waals surface area (Å²) in [6.07, 6.45) is 3.43. The lowest BCUT2D eigenvalue weighted by atomic mass is 9.83. The molecule has 5 rings (SSSR count). The number of anilines is 2. The van der Waals surface area contributed by atoms with Crippen LogP contribution in [-0.2, 0) is 28.3 Å². The fourth-order valence-electron chi connectivity index (χ4n) is 5.76. The Morgan fingerprint density at radius 3 is 2.38 bits per heavy atom. The standard InChI is InChI=1S/C38H38BrN3O6/c1-26(7-6-10-35(44)41(21-22-43)24-27-8-4-3-5-9-27)38(47)33-23-30(39)15-20-34(33)42(37(38)46)25-28-11-16-31(17-12-28)40-36(45)29-13-18-32(48-2)19-14-29/h3-9,11-20,23,26,43,47H,10,21-22,24-25H2,1-2H3,(H,40,45)/b7-6+/t26-,38+/m0/s1. The first kappa shape index (κ1) is 34.6. The molecule has 0 saturated carbocycles. The monoisotopic (exact) mass is 711 g/mol. The highest BCUT2D eigenvalue weighted by molar-refractivity contribution is 9.10. The Kier molecular flexibility index (Phi) is 11.1. The van der Waals surface area contributed by atoms with Gasteiger partial charge in [0.15, 0.2) is 5.60 Å². The van der Waals surface area contributed by atoms with E-state index >= 15 is 0 Å². The van der Waals surface area contributed by atoms with Crippen LogP contribution in [0.15, 0.2) is 114 Å². The summed E-state index contributed by atoms with van der Waals surface area (Å²) >= 11 is 3.48. The lowest BCUT2D eigenvalue weighted by Gasteiger charge is -2.28. The first-order chi connectivity index (χ1) is 23.1. The Morgan fingerprint density at radius 1 is 1.00 bits per heavy atom. The van der Waals surface area contributed by atoms with E-state index in [1.54, 1.807) is 84.5 Å². The number of fused-ring (bicyclic) bond motifs is 1. The third-order valence-corrected chi connectivity index (χ3v) is 8.94. The third-order valence-electron chi connectivity index (χ3n) is 8.45. The molecule has 0 saturated heterocycles. The molecule has 0 fully saturated rings. The van der Waals surface area contributed by atoms with Crippen molar-refractivity contribution < 1.29 is 29.3 Å². The lowest BCUT2D eigenvalue weighted by Crippen LogP contribution is -2.44. The second-order valence-electron chi connectivity index (χ2n) is 11.6. The number of aliphatic hydroxyl groups is 2. The van der Waals surface area contributed by atoms with Crippen molar-refractivity contribution in [3.05, 3.63) is 136 Å². The van der Waals surface area contributed by atoms with E-state index in [0.717, 1.165) is 15.6 Å². The molecule has 0 bridgehead atoms. The van der Waals surface area contributed by atoms with Gasteiger partial charge in [-0.1, -0.05) is 77.5 Å².